The molecule has 146 valence electrons. The molecule has 1 N–H and O–H groups in total. The highest BCUT2D eigenvalue weighted by atomic mass is 32.2. The second kappa shape index (κ2) is 9.06. The summed E-state index contributed by atoms with van der Waals surface area (Å²) in [4.78, 5) is 12.0. The van der Waals surface area contributed by atoms with Crippen molar-refractivity contribution in [2.75, 3.05) is 12.3 Å². The number of hydrogen-bond donors (Lipinski definition) is 1. The zero-order chi connectivity index (χ0) is 20.1. The predicted molar refractivity (Wildman–Crippen MR) is 115 cm³/mol. The van der Waals surface area contributed by atoms with Crippen molar-refractivity contribution in [3.05, 3.63) is 59.7 Å². The zero-order valence-corrected chi connectivity index (χ0v) is 17.6. The lowest BCUT2D eigenvalue weighted by Crippen LogP contribution is -2.24. The summed E-state index contributed by atoms with van der Waals surface area (Å²) in [6, 6.07) is 16.6. The molecule has 2 aromatic carbocycles. The van der Waals surface area contributed by atoms with Crippen LogP contribution in [0.2, 0.25) is 0 Å². The van der Waals surface area contributed by atoms with Gasteiger partial charge in [-0.25, -0.2) is 0 Å². The number of rotatable bonds is 7. The topological polar surface area (TPSA) is 59.8 Å². The largest absolute Gasteiger partial charge is 0.356 e. The Balaban J connectivity index is 2.09. The molecule has 0 unspecified atom stereocenters. The van der Waals surface area contributed by atoms with Gasteiger partial charge in [-0.15, -0.1) is 10.2 Å². The third-order valence-electron chi connectivity index (χ3n) is 4.45. The molecule has 28 heavy (non-hydrogen) atoms. The van der Waals surface area contributed by atoms with Crippen molar-refractivity contribution in [2.45, 2.75) is 38.8 Å². The maximum Gasteiger partial charge on any atom is 0.230 e. The number of nitrogens with zero attached hydrogens (tertiary/aromatic N) is 3. The second-order valence-corrected chi connectivity index (χ2v) is 7.91. The van der Waals surface area contributed by atoms with Gasteiger partial charge in [0.05, 0.1) is 11.4 Å². The first-order chi connectivity index (χ1) is 13.5. The number of benzene rings is 2. The average Bonchev–Trinajstić information content (AvgIpc) is 3.11. The Morgan fingerprint density at radius 2 is 1.82 bits per heavy atom. The van der Waals surface area contributed by atoms with E-state index in [-0.39, 0.29) is 5.91 Å². The van der Waals surface area contributed by atoms with Gasteiger partial charge in [-0.05, 0) is 31.4 Å². The minimum Gasteiger partial charge on any atom is -0.356 e. The van der Waals surface area contributed by atoms with E-state index in [0.717, 1.165) is 22.2 Å². The number of para-hydroxylation sites is 1. The van der Waals surface area contributed by atoms with Crippen LogP contribution in [0.5, 0.6) is 0 Å². The summed E-state index contributed by atoms with van der Waals surface area (Å²) in [6.07, 6.45) is 0. The van der Waals surface area contributed by atoms with Crippen molar-refractivity contribution in [3.63, 3.8) is 0 Å². The van der Waals surface area contributed by atoms with Crippen LogP contribution in [-0.2, 0) is 4.79 Å². The minimum absolute atomic E-state index is 0.00363. The third-order valence-corrected chi connectivity index (χ3v) is 5.38. The molecule has 3 rings (SSSR count). The number of amides is 1. The van der Waals surface area contributed by atoms with Gasteiger partial charge in [0.25, 0.3) is 0 Å². The van der Waals surface area contributed by atoms with Crippen LogP contribution in [0.25, 0.3) is 17.1 Å². The second-order valence-electron chi connectivity index (χ2n) is 6.96. The van der Waals surface area contributed by atoms with Gasteiger partial charge in [-0.1, -0.05) is 73.6 Å². The van der Waals surface area contributed by atoms with Crippen LogP contribution in [0.1, 0.15) is 37.8 Å². The number of carbonyl (C=O) groups is 1. The highest BCUT2D eigenvalue weighted by Crippen LogP contribution is 2.32. The van der Waals surface area contributed by atoms with Crippen molar-refractivity contribution in [1.29, 1.82) is 0 Å². The first-order valence-corrected chi connectivity index (χ1v) is 10.5. The summed E-state index contributed by atoms with van der Waals surface area (Å²) >= 11 is 1.41. The van der Waals surface area contributed by atoms with E-state index < -0.39 is 0 Å². The van der Waals surface area contributed by atoms with Gasteiger partial charge >= 0.3 is 0 Å². The fourth-order valence-corrected chi connectivity index (χ4v) is 3.80. The van der Waals surface area contributed by atoms with E-state index in [2.05, 4.69) is 83.3 Å². The average molecular weight is 395 g/mol. The zero-order valence-electron chi connectivity index (χ0n) is 16.8. The summed E-state index contributed by atoms with van der Waals surface area (Å²) in [6.45, 7) is 8.96. The number of aryl methyl sites for hydroxylation is 1. The first-order valence-electron chi connectivity index (χ1n) is 9.52. The fraction of sp³-hybridized carbons (Fsp3) is 0.318. The van der Waals surface area contributed by atoms with E-state index in [1.54, 1.807) is 0 Å². The summed E-state index contributed by atoms with van der Waals surface area (Å²) in [7, 11) is 0. The summed E-state index contributed by atoms with van der Waals surface area (Å²) < 4.78 is 2.07. The van der Waals surface area contributed by atoms with E-state index in [0.29, 0.717) is 18.2 Å². The molecule has 0 fully saturated rings. The Bertz CT molecular complexity index is 947. The SMILES string of the molecule is CCNC(=O)CSc1nnc(-c2ccc(C)cc2)n1-c1ccccc1C(C)C. The van der Waals surface area contributed by atoms with Crippen LogP contribution in [0.15, 0.2) is 53.7 Å². The highest BCUT2D eigenvalue weighted by Gasteiger charge is 2.20. The monoisotopic (exact) mass is 394 g/mol. The molecule has 5 nitrogen and oxygen atoms in total. The first kappa shape index (κ1) is 20.1. The molecular weight excluding hydrogens is 368 g/mol. The number of aromatic nitrogens is 3. The van der Waals surface area contributed by atoms with Gasteiger partial charge in [-0.2, -0.15) is 0 Å². The summed E-state index contributed by atoms with van der Waals surface area (Å²) in [5, 5.41) is 12.4. The van der Waals surface area contributed by atoms with Crippen LogP contribution in [0.3, 0.4) is 0 Å². The highest BCUT2D eigenvalue weighted by molar-refractivity contribution is 7.99. The fourth-order valence-electron chi connectivity index (χ4n) is 3.03. The number of nitrogens with one attached hydrogen (secondary N) is 1. The Hall–Kier alpha value is -2.60. The van der Waals surface area contributed by atoms with Crippen LogP contribution in [-0.4, -0.2) is 33.0 Å². The lowest BCUT2D eigenvalue weighted by Gasteiger charge is -2.17. The van der Waals surface area contributed by atoms with Crippen molar-refractivity contribution >= 4 is 17.7 Å². The van der Waals surface area contributed by atoms with Gasteiger partial charge in [0.2, 0.25) is 5.91 Å². The van der Waals surface area contributed by atoms with E-state index >= 15 is 0 Å². The van der Waals surface area contributed by atoms with Gasteiger partial charge in [0.15, 0.2) is 11.0 Å². The molecule has 0 saturated heterocycles. The maximum absolute atomic E-state index is 12.0. The molecular formula is C22H26N4OS. The minimum atomic E-state index is -0.00363. The van der Waals surface area contributed by atoms with Crippen LogP contribution >= 0.6 is 11.8 Å². The number of hydrogen-bond acceptors (Lipinski definition) is 4. The van der Waals surface area contributed by atoms with Gasteiger partial charge in [0.1, 0.15) is 0 Å². The lowest BCUT2D eigenvalue weighted by atomic mass is 10.0. The molecule has 0 bridgehead atoms. The predicted octanol–water partition coefficient (Wildman–Crippen LogP) is 4.59. The Morgan fingerprint density at radius 3 is 2.50 bits per heavy atom. The standard InChI is InChI=1S/C22H26N4OS/c1-5-23-20(27)14-28-22-25-24-21(17-12-10-16(4)11-13-17)26(22)19-9-7-6-8-18(19)15(2)3/h6-13,15H,5,14H2,1-4H3,(H,23,27). The third kappa shape index (κ3) is 4.44. The molecule has 0 radical (unpaired) electrons. The van der Waals surface area contributed by atoms with Crippen molar-refractivity contribution < 1.29 is 4.79 Å². The normalized spacial score (nSPS) is 11.0. The Kier molecular flexibility index (Phi) is 6.52. The van der Waals surface area contributed by atoms with E-state index in [1.165, 1.54) is 22.9 Å². The summed E-state index contributed by atoms with van der Waals surface area (Å²) in [5.41, 5.74) is 4.47. The van der Waals surface area contributed by atoms with Crippen molar-refractivity contribution in [3.8, 4) is 17.1 Å². The van der Waals surface area contributed by atoms with Crippen LogP contribution < -0.4 is 5.32 Å². The molecule has 0 aliphatic rings. The molecule has 1 heterocycles. The summed E-state index contributed by atoms with van der Waals surface area (Å²) in [5.74, 6) is 1.44. The molecule has 0 aliphatic heterocycles. The molecule has 6 heteroatoms. The van der Waals surface area contributed by atoms with E-state index in [9.17, 15) is 4.79 Å². The lowest BCUT2D eigenvalue weighted by molar-refractivity contribution is -0.118. The molecule has 0 spiro atoms. The number of thioether (sulfide) groups is 1. The van der Waals surface area contributed by atoms with Crippen molar-refractivity contribution in [1.82, 2.24) is 20.1 Å². The van der Waals surface area contributed by atoms with Crippen LogP contribution in [0, 0.1) is 6.92 Å². The smallest absolute Gasteiger partial charge is 0.230 e. The van der Waals surface area contributed by atoms with E-state index in [1.807, 2.05) is 13.0 Å². The molecule has 1 aromatic heterocycles. The molecule has 0 aliphatic carbocycles. The maximum atomic E-state index is 12.0. The quantitative estimate of drug-likeness (QED) is 0.595. The molecule has 0 atom stereocenters. The molecule has 1 amide bonds. The van der Waals surface area contributed by atoms with Gasteiger partial charge in [0, 0.05) is 12.1 Å². The van der Waals surface area contributed by atoms with Gasteiger partial charge in [-0.3, -0.25) is 9.36 Å². The Morgan fingerprint density at radius 1 is 1.11 bits per heavy atom. The van der Waals surface area contributed by atoms with Gasteiger partial charge < -0.3 is 5.32 Å². The van der Waals surface area contributed by atoms with Crippen molar-refractivity contribution in [2.24, 2.45) is 0 Å². The number of carbonyl (C=O) groups excluding carboxylic acids is 1. The van der Waals surface area contributed by atoms with E-state index in [4.69, 9.17) is 0 Å². The molecule has 0 saturated carbocycles. The van der Waals surface area contributed by atoms with Crippen LogP contribution in [0.4, 0.5) is 0 Å². The Labute approximate surface area is 170 Å². The molecule has 3 aromatic rings.